The Hall–Kier alpha value is -3.36. The maximum absolute atomic E-state index is 12.6. The number of halogens is 1. The number of nitriles is 1. The van der Waals surface area contributed by atoms with Gasteiger partial charge < -0.3 is 14.2 Å². The van der Waals surface area contributed by atoms with Crippen molar-refractivity contribution in [2.75, 3.05) is 12.4 Å². The van der Waals surface area contributed by atoms with Crippen LogP contribution in [-0.4, -0.2) is 21.4 Å². The molecule has 32 heavy (non-hydrogen) atoms. The summed E-state index contributed by atoms with van der Waals surface area (Å²) in [4.78, 5) is 12.5. The SMILES string of the molecule is COc1cc(/C=C(\C#N)C(=O)Nc2ccccc2)cc(I)c1OS(=O)(=O)c1ccccc1. The Morgan fingerprint density at radius 3 is 2.28 bits per heavy atom. The molecule has 3 rings (SSSR count). The molecule has 162 valence electrons. The fourth-order valence-corrected chi connectivity index (χ4v) is 4.55. The maximum Gasteiger partial charge on any atom is 0.339 e. The van der Waals surface area contributed by atoms with Crippen LogP contribution < -0.4 is 14.2 Å². The third-order valence-electron chi connectivity index (χ3n) is 4.18. The molecule has 0 atom stereocenters. The van der Waals surface area contributed by atoms with Crippen molar-refractivity contribution in [2.45, 2.75) is 4.90 Å². The number of nitrogens with one attached hydrogen (secondary N) is 1. The third-order valence-corrected chi connectivity index (χ3v) is 6.22. The highest BCUT2D eigenvalue weighted by molar-refractivity contribution is 14.1. The van der Waals surface area contributed by atoms with Gasteiger partial charge in [-0.15, -0.1) is 0 Å². The van der Waals surface area contributed by atoms with E-state index in [2.05, 4.69) is 5.32 Å². The van der Waals surface area contributed by atoms with E-state index in [-0.39, 0.29) is 22.0 Å². The monoisotopic (exact) mass is 560 g/mol. The predicted molar refractivity (Wildman–Crippen MR) is 129 cm³/mol. The number of hydrogen-bond donors (Lipinski definition) is 1. The van der Waals surface area contributed by atoms with E-state index in [4.69, 9.17) is 8.92 Å². The first kappa shape index (κ1) is 23.3. The molecule has 0 saturated carbocycles. The first-order chi connectivity index (χ1) is 15.3. The highest BCUT2D eigenvalue weighted by atomic mass is 127. The maximum atomic E-state index is 12.6. The van der Waals surface area contributed by atoms with Gasteiger partial charge in [-0.1, -0.05) is 36.4 Å². The summed E-state index contributed by atoms with van der Waals surface area (Å²) in [5.74, 6) is -0.413. The summed E-state index contributed by atoms with van der Waals surface area (Å²) in [5, 5.41) is 12.1. The second-order valence-electron chi connectivity index (χ2n) is 6.37. The number of amides is 1. The summed E-state index contributed by atoms with van der Waals surface area (Å²) < 4.78 is 36.3. The zero-order chi connectivity index (χ0) is 23.1. The van der Waals surface area contributed by atoms with Crippen LogP contribution in [0.4, 0.5) is 5.69 Å². The minimum Gasteiger partial charge on any atom is -0.493 e. The number of hydrogen-bond acceptors (Lipinski definition) is 6. The minimum atomic E-state index is -4.07. The molecule has 0 spiro atoms. The van der Waals surface area contributed by atoms with Gasteiger partial charge in [-0.2, -0.15) is 13.7 Å². The lowest BCUT2D eigenvalue weighted by Crippen LogP contribution is -2.13. The van der Waals surface area contributed by atoms with Crippen LogP contribution in [0.5, 0.6) is 11.5 Å². The molecule has 9 heteroatoms. The van der Waals surface area contributed by atoms with E-state index in [9.17, 15) is 18.5 Å². The molecule has 0 aliphatic rings. The van der Waals surface area contributed by atoms with Crippen molar-refractivity contribution >= 4 is 50.4 Å². The van der Waals surface area contributed by atoms with Crippen LogP contribution in [0.3, 0.4) is 0 Å². The molecule has 0 bridgehead atoms. The van der Waals surface area contributed by atoms with Gasteiger partial charge in [0.2, 0.25) is 0 Å². The zero-order valence-electron chi connectivity index (χ0n) is 16.8. The number of ether oxygens (including phenoxy) is 1. The Balaban J connectivity index is 1.91. The van der Waals surface area contributed by atoms with Crippen LogP contribution in [0.1, 0.15) is 5.56 Å². The van der Waals surface area contributed by atoms with Gasteiger partial charge in [-0.25, -0.2) is 0 Å². The van der Waals surface area contributed by atoms with Crippen LogP contribution >= 0.6 is 22.6 Å². The van der Waals surface area contributed by atoms with Gasteiger partial charge in [0.25, 0.3) is 5.91 Å². The molecular formula is C23H17IN2O5S. The Morgan fingerprint density at radius 2 is 1.69 bits per heavy atom. The van der Waals surface area contributed by atoms with E-state index in [1.807, 2.05) is 34.7 Å². The van der Waals surface area contributed by atoms with E-state index in [0.717, 1.165) is 0 Å². The number of rotatable bonds is 7. The van der Waals surface area contributed by atoms with Crippen LogP contribution in [-0.2, 0) is 14.9 Å². The Labute approximate surface area is 199 Å². The Morgan fingerprint density at radius 1 is 1.06 bits per heavy atom. The second-order valence-corrected chi connectivity index (χ2v) is 9.08. The van der Waals surface area contributed by atoms with Crippen molar-refractivity contribution in [3.05, 3.63) is 87.5 Å². The number of methoxy groups -OCH3 is 1. The first-order valence-electron chi connectivity index (χ1n) is 9.19. The number of anilines is 1. The molecule has 0 fully saturated rings. The Kier molecular flexibility index (Phi) is 7.50. The molecule has 0 aromatic heterocycles. The highest BCUT2D eigenvalue weighted by Crippen LogP contribution is 2.36. The van der Waals surface area contributed by atoms with Gasteiger partial charge in [0, 0.05) is 5.69 Å². The Bertz CT molecular complexity index is 1300. The van der Waals surface area contributed by atoms with Crippen molar-refractivity contribution in [3.63, 3.8) is 0 Å². The molecule has 3 aromatic carbocycles. The molecule has 0 aliphatic heterocycles. The summed E-state index contributed by atoms with van der Waals surface area (Å²) in [6.07, 6.45) is 1.39. The normalized spacial score (nSPS) is 11.3. The van der Waals surface area contributed by atoms with Gasteiger partial charge in [0.1, 0.15) is 16.5 Å². The number of nitrogens with zero attached hydrogens (tertiary/aromatic N) is 1. The van der Waals surface area contributed by atoms with Crippen LogP contribution in [0, 0.1) is 14.9 Å². The smallest absolute Gasteiger partial charge is 0.339 e. The van der Waals surface area contributed by atoms with E-state index >= 15 is 0 Å². The first-order valence-corrected chi connectivity index (χ1v) is 11.7. The van der Waals surface area contributed by atoms with Gasteiger partial charge in [0.05, 0.1) is 10.7 Å². The number of para-hydroxylation sites is 1. The van der Waals surface area contributed by atoms with Crippen LogP contribution in [0.15, 0.2) is 83.3 Å². The third kappa shape index (κ3) is 5.66. The predicted octanol–water partition coefficient (Wildman–Crippen LogP) is 4.61. The fourth-order valence-electron chi connectivity index (χ4n) is 2.68. The highest BCUT2D eigenvalue weighted by Gasteiger charge is 2.22. The van der Waals surface area contributed by atoms with Gasteiger partial charge in [-0.05, 0) is 70.6 Å². The summed E-state index contributed by atoms with van der Waals surface area (Å²) >= 11 is 1.91. The van der Waals surface area contributed by atoms with Crippen molar-refractivity contribution in [1.82, 2.24) is 0 Å². The number of benzene rings is 3. The minimum absolute atomic E-state index is 0.00572. The standard InChI is InChI=1S/C23H17IN2O5S/c1-30-21-14-16(12-17(15-25)23(27)26-18-8-4-2-5-9-18)13-20(24)22(21)31-32(28,29)19-10-6-3-7-11-19/h2-14H,1H3,(H,26,27)/b17-12+. The fraction of sp³-hybridized carbons (Fsp3) is 0.0435. The summed E-state index contributed by atoms with van der Waals surface area (Å²) in [7, 11) is -2.70. The molecule has 7 nitrogen and oxygen atoms in total. The average molecular weight is 560 g/mol. The summed E-state index contributed by atoms with van der Waals surface area (Å²) in [5.41, 5.74) is 0.897. The molecule has 0 unspecified atom stereocenters. The summed E-state index contributed by atoms with van der Waals surface area (Å²) in [6.45, 7) is 0. The molecule has 0 radical (unpaired) electrons. The lowest BCUT2D eigenvalue weighted by molar-refractivity contribution is -0.112. The molecule has 0 heterocycles. The van der Waals surface area contributed by atoms with Gasteiger partial charge >= 0.3 is 10.1 Å². The number of carbonyl (C=O) groups excluding carboxylic acids is 1. The molecule has 1 amide bonds. The second kappa shape index (κ2) is 10.3. The van der Waals surface area contributed by atoms with E-state index < -0.39 is 16.0 Å². The van der Waals surface area contributed by atoms with Crippen molar-refractivity contribution in [1.29, 1.82) is 5.26 Å². The van der Waals surface area contributed by atoms with E-state index in [1.54, 1.807) is 48.5 Å². The van der Waals surface area contributed by atoms with Crippen LogP contribution in [0.2, 0.25) is 0 Å². The quantitative estimate of drug-likeness (QED) is 0.196. The van der Waals surface area contributed by atoms with Crippen molar-refractivity contribution in [3.8, 4) is 17.6 Å². The lowest BCUT2D eigenvalue weighted by Gasteiger charge is -2.13. The lowest BCUT2D eigenvalue weighted by atomic mass is 10.1. The topological polar surface area (TPSA) is 105 Å². The van der Waals surface area contributed by atoms with Crippen molar-refractivity contribution < 1.29 is 22.1 Å². The average Bonchev–Trinajstić information content (AvgIpc) is 2.80. The number of carbonyl (C=O) groups is 1. The van der Waals surface area contributed by atoms with Crippen molar-refractivity contribution in [2.24, 2.45) is 0 Å². The largest absolute Gasteiger partial charge is 0.493 e. The molecule has 0 saturated heterocycles. The molecule has 0 aliphatic carbocycles. The van der Waals surface area contributed by atoms with Gasteiger partial charge in [-0.3, -0.25) is 4.79 Å². The molecule has 1 N–H and O–H groups in total. The van der Waals surface area contributed by atoms with Gasteiger partial charge in [0.15, 0.2) is 11.5 Å². The van der Waals surface area contributed by atoms with Crippen LogP contribution in [0.25, 0.3) is 6.08 Å². The van der Waals surface area contributed by atoms with E-state index in [1.165, 1.54) is 31.4 Å². The molecular weight excluding hydrogens is 543 g/mol. The summed E-state index contributed by atoms with van der Waals surface area (Å²) in [6, 6.07) is 21.5. The zero-order valence-corrected chi connectivity index (χ0v) is 19.8. The molecule has 3 aromatic rings. The van der Waals surface area contributed by atoms with E-state index in [0.29, 0.717) is 14.8 Å².